The van der Waals surface area contributed by atoms with Gasteiger partial charge in [0.1, 0.15) is 0 Å². The number of hydrogen-bond acceptors (Lipinski definition) is 5. The Morgan fingerprint density at radius 2 is 1.71 bits per heavy atom. The number of hydrogen-bond donors (Lipinski definition) is 0. The number of piperidine rings is 1. The van der Waals surface area contributed by atoms with Crippen molar-refractivity contribution in [1.29, 1.82) is 10.5 Å². The van der Waals surface area contributed by atoms with Gasteiger partial charge in [0.2, 0.25) is 10.0 Å². The van der Waals surface area contributed by atoms with Crippen molar-refractivity contribution in [3.05, 3.63) is 29.8 Å². The van der Waals surface area contributed by atoms with Crippen LogP contribution >= 0.6 is 0 Å². The number of benzene rings is 1. The van der Waals surface area contributed by atoms with Gasteiger partial charge in [-0.2, -0.15) is 14.8 Å². The van der Waals surface area contributed by atoms with Crippen LogP contribution in [0.4, 0.5) is 0 Å². The van der Waals surface area contributed by atoms with Gasteiger partial charge in [0.05, 0.1) is 29.9 Å². The summed E-state index contributed by atoms with van der Waals surface area (Å²) in [5.74, 6) is 0.203. The summed E-state index contributed by atoms with van der Waals surface area (Å²) < 4.78 is 27.7. The molecule has 0 unspecified atom stereocenters. The first-order valence-electron chi connectivity index (χ1n) is 9.43. The summed E-state index contributed by atoms with van der Waals surface area (Å²) in [5.41, 5.74) is 0.245. The van der Waals surface area contributed by atoms with E-state index in [1.807, 2.05) is 26.0 Å². The zero-order valence-electron chi connectivity index (χ0n) is 16.3. The molecule has 8 heteroatoms. The molecule has 0 aromatic heterocycles. The lowest BCUT2D eigenvalue weighted by atomic mass is 9.94. The summed E-state index contributed by atoms with van der Waals surface area (Å²) in [6.45, 7) is 5.44. The minimum Gasteiger partial charge on any atom is -0.337 e. The molecule has 0 radical (unpaired) electrons. The molecule has 1 fully saturated rings. The van der Waals surface area contributed by atoms with Crippen LogP contribution in [0.5, 0.6) is 0 Å². The van der Waals surface area contributed by atoms with Crippen LogP contribution < -0.4 is 0 Å². The topological polar surface area (TPSA) is 105 Å². The molecule has 1 aliphatic rings. The van der Waals surface area contributed by atoms with Gasteiger partial charge in [0.15, 0.2) is 0 Å². The Labute approximate surface area is 167 Å². The smallest absolute Gasteiger partial charge is 0.253 e. The summed E-state index contributed by atoms with van der Waals surface area (Å²) >= 11 is 0. The van der Waals surface area contributed by atoms with Gasteiger partial charge in [0.25, 0.3) is 5.91 Å². The molecule has 1 saturated heterocycles. The summed E-state index contributed by atoms with van der Waals surface area (Å²) in [5, 5.41) is 17.6. The lowest BCUT2D eigenvalue weighted by Crippen LogP contribution is -2.42. The summed E-state index contributed by atoms with van der Waals surface area (Å²) in [7, 11) is -3.69. The van der Waals surface area contributed by atoms with E-state index in [2.05, 4.69) is 0 Å². The fourth-order valence-corrected chi connectivity index (χ4v) is 5.33. The van der Waals surface area contributed by atoms with Crippen molar-refractivity contribution in [2.45, 2.75) is 38.0 Å². The maximum atomic E-state index is 13.1. The summed E-state index contributed by atoms with van der Waals surface area (Å²) in [4.78, 5) is 14.3. The maximum absolute atomic E-state index is 13.1. The second kappa shape index (κ2) is 9.68. The lowest BCUT2D eigenvalue weighted by Gasteiger charge is -2.34. The normalized spacial score (nSPS) is 20.1. The third-order valence-corrected chi connectivity index (χ3v) is 6.66. The second-order valence-electron chi connectivity index (χ2n) is 7.40. The van der Waals surface area contributed by atoms with Crippen LogP contribution in [-0.4, -0.2) is 49.7 Å². The van der Waals surface area contributed by atoms with Gasteiger partial charge in [-0.15, -0.1) is 0 Å². The monoisotopic (exact) mass is 402 g/mol. The first kappa shape index (κ1) is 21.9. The first-order valence-corrected chi connectivity index (χ1v) is 10.9. The van der Waals surface area contributed by atoms with E-state index in [0.29, 0.717) is 13.1 Å². The molecule has 2 rings (SSSR count). The van der Waals surface area contributed by atoms with Crippen LogP contribution in [-0.2, 0) is 10.0 Å². The number of rotatable bonds is 7. The number of carbonyl (C=O) groups is 1. The third-order valence-electron chi connectivity index (χ3n) is 4.83. The zero-order chi connectivity index (χ0) is 20.7. The molecule has 0 spiro atoms. The molecule has 150 valence electrons. The van der Waals surface area contributed by atoms with Gasteiger partial charge in [-0.1, -0.05) is 19.9 Å². The zero-order valence-corrected chi connectivity index (χ0v) is 17.2. The third kappa shape index (κ3) is 5.31. The largest absolute Gasteiger partial charge is 0.337 e. The Bertz CT molecular complexity index is 857. The Hall–Kier alpha value is -2.42. The average Bonchev–Trinajstić information content (AvgIpc) is 2.67. The summed E-state index contributed by atoms with van der Waals surface area (Å²) in [6, 6.07) is 10.0. The minimum atomic E-state index is -3.69. The van der Waals surface area contributed by atoms with Gasteiger partial charge in [-0.05, 0) is 36.5 Å². The number of amides is 1. The molecule has 0 N–H and O–H groups in total. The van der Waals surface area contributed by atoms with E-state index in [4.69, 9.17) is 10.5 Å². The molecule has 1 aliphatic heterocycles. The molecule has 1 aromatic rings. The molecule has 7 nitrogen and oxygen atoms in total. The lowest BCUT2D eigenvalue weighted by molar-refractivity contribution is 0.0762. The van der Waals surface area contributed by atoms with E-state index < -0.39 is 10.0 Å². The van der Waals surface area contributed by atoms with Crippen LogP contribution in [0, 0.1) is 34.5 Å². The van der Waals surface area contributed by atoms with Gasteiger partial charge in [-0.3, -0.25) is 4.79 Å². The molecule has 1 heterocycles. The average molecular weight is 403 g/mol. The number of nitrogens with zero attached hydrogens (tertiary/aromatic N) is 4. The van der Waals surface area contributed by atoms with Crippen LogP contribution in [0.2, 0.25) is 0 Å². The maximum Gasteiger partial charge on any atom is 0.253 e. The van der Waals surface area contributed by atoms with Crippen LogP contribution in [0.1, 0.15) is 43.5 Å². The van der Waals surface area contributed by atoms with Gasteiger partial charge in [-0.25, -0.2) is 8.42 Å². The van der Waals surface area contributed by atoms with E-state index in [0.717, 1.165) is 6.42 Å². The number of nitriles is 2. The molecule has 0 bridgehead atoms. The Morgan fingerprint density at radius 3 is 2.25 bits per heavy atom. The Kier molecular flexibility index (Phi) is 7.56. The molecule has 2 atom stereocenters. The fourth-order valence-electron chi connectivity index (χ4n) is 3.61. The summed E-state index contributed by atoms with van der Waals surface area (Å²) in [6.07, 6.45) is 1.30. The highest BCUT2D eigenvalue weighted by atomic mass is 32.2. The van der Waals surface area contributed by atoms with Crippen molar-refractivity contribution in [3.8, 4) is 12.1 Å². The van der Waals surface area contributed by atoms with E-state index in [9.17, 15) is 13.2 Å². The highest BCUT2D eigenvalue weighted by Crippen LogP contribution is 2.27. The number of carbonyl (C=O) groups excluding carboxylic acids is 1. The second-order valence-corrected chi connectivity index (χ2v) is 9.34. The molecule has 1 aromatic carbocycles. The number of sulfonamides is 1. The van der Waals surface area contributed by atoms with E-state index in [-0.39, 0.29) is 54.1 Å². The Balaban J connectivity index is 2.28. The first-order chi connectivity index (χ1) is 13.3. The molecule has 0 saturated carbocycles. The molecule has 28 heavy (non-hydrogen) atoms. The van der Waals surface area contributed by atoms with Crippen molar-refractivity contribution in [2.75, 3.05) is 26.2 Å². The van der Waals surface area contributed by atoms with Gasteiger partial charge < -0.3 is 4.90 Å². The van der Waals surface area contributed by atoms with Gasteiger partial charge in [0, 0.05) is 31.7 Å². The van der Waals surface area contributed by atoms with Crippen molar-refractivity contribution in [1.82, 2.24) is 9.21 Å². The van der Waals surface area contributed by atoms with Crippen molar-refractivity contribution in [3.63, 3.8) is 0 Å². The standard InChI is InChI=1S/C20H26N4O3S/c1-16-12-17(2)15-24(14-16)28(26,27)19-7-3-6-18(13-19)20(25)23(10-4-8-21)11-5-9-22/h3,6-7,13,16-17H,4-5,10-12,14-15H2,1-2H3/t16-,17-/m1/s1. The van der Waals surface area contributed by atoms with Crippen LogP contribution in [0.3, 0.4) is 0 Å². The van der Waals surface area contributed by atoms with Crippen molar-refractivity contribution < 1.29 is 13.2 Å². The highest BCUT2D eigenvalue weighted by Gasteiger charge is 2.32. The molecule has 1 amide bonds. The van der Waals surface area contributed by atoms with E-state index >= 15 is 0 Å². The Morgan fingerprint density at radius 1 is 1.14 bits per heavy atom. The van der Waals surface area contributed by atoms with Crippen molar-refractivity contribution in [2.24, 2.45) is 11.8 Å². The minimum absolute atomic E-state index is 0.0974. The predicted octanol–water partition coefficient (Wildman–Crippen LogP) is 2.62. The predicted molar refractivity (Wildman–Crippen MR) is 105 cm³/mol. The highest BCUT2D eigenvalue weighted by molar-refractivity contribution is 7.89. The fraction of sp³-hybridized carbons (Fsp3) is 0.550. The van der Waals surface area contributed by atoms with E-state index in [1.54, 1.807) is 12.1 Å². The van der Waals surface area contributed by atoms with Crippen LogP contribution in [0.15, 0.2) is 29.2 Å². The molecular weight excluding hydrogens is 376 g/mol. The van der Waals surface area contributed by atoms with Crippen LogP contribution in [0.25, 0.3) is 0 Å². The van der Waals surface area contributed by atoms with Crippen molar-refractivity contribution >= 4 is 15.9 Å². The van der Waals surface area contributed by atoms with E-state index in [1.165, 1.54) is 21.3 Å². The van der Waals surface area contributed by atoms with Gasteiger partial charge >= 0.3 is 0 Å². The SMILES string of the molecule is C[C@@H]1C[C@@H](C)CN(S(=O)(=O)c2cccc(C(=O)N(CCC#N)CCC#N)c2)C1. The molecule has 0 aliphatic carbocycles. The molecular formula is C20H26N4O3S. The quantitative estimate of drug-likeness (QED) is 0.697.